The summed E-state index contributed by atoms with van der Waals surface area (Å²) < 4.78 is 6.15. The Bertz CT molecular complexity index is 1490. The van der Waals surface area contributed by atoms with Gasteiger partial charge in [-0.3, -0.25) is 4.79 Å². The molecule has 0 saturated heterocycles. The van der Waals surface area contributed by atoms with Gasteiger partial charge in [-0.25, -0.2) is 0 Å². The monoisotopic (exact) mass is 403 g/mol. The van der Waals surface area contributed by atoms with Gasteiger partial charge in [0.2, 0.25) is 5.43 Å². The lowest BCUT2D eigenvalue weighted by Crippen LogP contribution is -2.30. The Balaban J connectivity index is 1.65. The predicted molar refractivity (Wildman–Crippen MR) is 127 cm³/mol. The van der Waals surface area contributed by atoms with Crippen molar-refractivity contribution in [2.24, 2.45) is 0 Å². The van der Waals surface area contributed by atoms with Gasteiger partial charge in [-0.05, 0) is 47.5 Å². The highest BCUT2D eigenvalue weighted by molar-refractivity contribution is 5.94. The fourth-order valence-corrected chi connectivity index (χ4v) is 4.88. The number of nitrogens with zero attached hydrogens (tertiary/aromatic N) is 1. The van der Waals surface area contributed by atoms with Gasteiger partial charge >= 0.3 is 0 Å². The molecule has 150 valence electrons. The first-order valence-corrected chi connectivity index (χ1v) is 10.5. The molecule has 5 aromatic rings. The third-order valence-electron chi connectivity index (χ3n) is 6.46. The standard InChI is InChI=1S/C28H21NO2/c1-28(2)21-10-4-6-12-23(21)29(24-13-7-5-11-22(24)28)18-15-16-20-26(17-18)31-25-14-8-3-9-19(25)27(20)30/h3-17H,1-2H3. The Hall–Kier alpha value is -3.85. The van der Waals surface area contributed by atoms with E-state index >= 15 is 0 Å². The maximum Gasteiger partial charge on any atom is 0.200 e. The SMILES string of the molecule is CC1(C)c2ccccc2N(c2ccc3c(=O)c4ccccc4oc3c2)c2ccccc21. The molecule has 31 heavy (non-hydrogen) atoms. The summed E-state index contributed by atoms with van der Waals surface area (Å²) >= 11 is 0. The second kappa shape index (κ2) is 6.32. The van der Waals surface area contributed by atoms with Crippen LogP contribution in [-0.4, -0.2) is 0 Å². The average molecular weight is 403 g/mol. The molecule has 1 aromatic heterocycles. The van der Waals surface area contributed by atoms with E-state index in [0.29, 0.717) is 21.9 Å². The molecule has 0 amide bonds. The fraction of sp³-hybridized carbons (Fsp3) is 0.107. The molecule has 0 fully saturated rings. The predicted octanol–water partition coefficient (Wildman–Crippen LogP) is 7.06. The van der Waals surface area contributed by atoms with E-state index in [-0.39, 0.29) is 10.8 Å². The van der Waals surface area contributed by atoms with Gasteiger partial charge in [-0.2, -0.15) is 0 Å². The van der Waals surface area contributed by atoms with Crippen LogP contribution in [0.3, 0.4) is 0 Å². The van der Waals surface area contributed by atoms with Crippen LogP contribution >= 0.6 is 0 Å². The summed E-state index contributed by atoms with van der Waals surface area (Å²) in [4.78, 5) is 15.3. The molecule has 1 aliphatic rings. The van der Waals surface area contributed by atoms with Gasteiger partial charge in [0, 0.05) is 17.2 Å². The molecular weight excluding hydrogens is 382 g/mol. The molecule has 0 atom stereocenters. The maximum atomic E-state index is 13.0. The first-order chi connectivity index (χ1) is 15.1. The van der Waals surface area contributed by atoms with E-state index in [0.717, 1.165) is 17.1 Å². The lowest BCUT2D eigenvalue weighted by Gasteiger charge is -2.42. The van der Waals surface area contributed by atoms with Gasteiger partial charge in [-0.15, -0.1) is 0 Å². The van der Waals surface area contributed by atoms with Crippen LogP contribution in [0.5, 0.6) is 0 Å². The highest BCUT2D eigenvalue weighted by atomic mass is 16.3. The second-order valence-corrected chi connectivity index (χ2v) is 8.60. The molecule has 3 heteroatoms. The molecule has 6 rings (SSSR count). The van der Waals surface area contributed by atoms with E-state index in [1.165, 1.54) is 11.1 Å². The molecule has 0 bridgehead atoms. The first-order valence-electron chi connectivity index (χ1n) is 10.5. The van der Waals surface area contributed by atoms with Gasteiger partial charge in [-0.1, -0.05) is 62.4 Å². The van der Waals surface area contributed by atoms with Gasteiger partial charge in [0.25, 0.3) is 0 Å². The number of hydrogen-bond donors (Lipinski definition) is 0. The minimum Gasteiger partial charge on any atom is -0.456 e. The van der Waals surface area contributed by atoms with Crippen molar-refractivity contribution in [3.63, 3.8) is 0 Å². The fourth-order valence-electron chi connectivity index (χ4n) is 4.88. The largest absolute Gasteiger partial charge is 0.456 e. The molecule has 3 nitrogen and oxygen atoms in total. The number of anilines is 3. The van der Waals surface area contributed by atoms with Crippen LogP contribution in [0.1, 0.15) is 25.0 Å². The summed E-state index contributed by atoms with van der Waals surface area (Å²) in [5.41, 5.74) is 6.91. The van der Waals surface area contributed by atoms with Gasteiger partial charge in [0.05, 0.1) is 22.1 Å². The Morgan fingerprint density at radius 2 is 1.26 bits per heavy atom. The van der Waals surface area contributed by atoms with E-state index in [1.807, 2.05) is 42.5 Å². The summed E-state index contributed by atoms with van der Waals surface area (Å²) in [5.74, 6) is 0. The zero-order valence-corrected chi connectivity index (χ0v) is 17.4. The molecule has 0 aliphatic carbocycles. The number of para-hydroxylation sites is 3. The van der Waals surface area contributed by atoms with Crippen LogP contribution < -0.4 is 10.3 Å². The highest BCUT2D eigenvalue weighted by Crippen LogP contribution is 2.51. The number of benzene rings is 4. The Kier molecular flexibility index (Phi) is 3.66. The lowest BCUT2D eigenvalue weighted by molar-refractivity contribution is 0.631. The third kappa shape index (κ3) is 2.50. The van der Waals surface area contributed by atoms with Crippen LogP contribution in [0.4, 0.5) is 17.1 Å². The van der Waals surface area contributed by atoms with Crippen molar-refractivity contribution in [3.8, 4) is 0 Å². The number of fused-ring (bicyclic) bond motifs is 4. The smallest absolute Gasteiger partial charge is 0.200 e. The molecule has 0 spiro atoms. The summed E-state index contributed by atoms with van der Waals surface area (Å²) in [5, 5.41) is 1.21. The number of hydrogen-bond acceptors (Lipinski definition) is 3. The first kappa shape index (κ1) is 18.0. The van der Waals surface area contributed by atoms with Crippen molar-refractivity contribution in [1.29, 1.82) is 0 Å². The van der Waals surface area contributed by atoms with E-state index in [2.05, 4.69) is 67.3 Å². The third-order valence-corrected chi connectivity index (χ3v) is 6.46. The molecule has 0 N–H and O–H groups in total. The van der Waals surface area contributed by atoms with Crippen molar-refractivity contribution < 1.29 is 4.42 Å². The normalized spacial score (nSPS) is 14.5. The van der Waals surface area contributed by atoms with Crippen molar-refractivity contribution in [3.05, 3.63) is 112 Å². The summed E-state index contributed by atoms with van der Waals surface area (Å²) in [7, 11) is 0. The van der Waals surface area contributed by atoms with Crippen LogP contribution in [-0.2, 0) is 5.41 Å². The lowest BCUT2D eigenvalue weighted by atomic mass is 9.73. The molecule has 1 aliphatic heterocycles. The summed E-state index contributed by atoms with van der Waals surface area (Å²) in [6, 6.07) is 30.4. The van der Waals surface area contributed by atoms with Crippen LogP contribution in [0.2, 0.25) is 0 Å². The zero-order chi connectivity index (χ0) is 21.2. The molecule has 2 heterocycles. The highest BCUT2D eigenvalue weighted by Gasteiger charge is 2.36. The van der Waals surface area contributed by atoms with Crippen LogP contribution in [0, 0.1) is 0 Å². The average Bonchev–Trinajstić information content (AvgIpc) is 2.79. The topological polar surface area (TPSA) is 33.5 Å². The molecular formula is C28H21NO2. The second-order valence-electron chi connectivity index (χ2n) is 8.60. The minimum absolute atomic E-state index is 0.00368. The van der Waals surface area contributed by atoms with Gasteiger partial charge in [0.15, 0.2) is 0 Å². The van der Waals surface area contributed by atoms with Crippen LogP contribution in [0.15, 0.2) is 100 Å². The zero-order valence-electron chi connectivity index (χ0n) is 17.4. The minimum atomic E-state index is -0.108. The molecule has 4 aromatic carbocycles. The summed E-state index contributed by atoms with van der Waals surface area (Å²) in [6.45, 7) is 4.54. The Labute approximate surface area is 180 Å². The number of rotatable bonds is 1. The molecule has 0 radical (unpaired) electrons. The Morgan fingerprint density at radius 3 is 1.97 bits per heavy atom. The molecule has 0 unspecified atom stereocenters. The van der Waals surface area contributed by atoms with E-state index in [1.54, 1.807) is 0 Å². The van der Waals surface area contributed by atoms with Gasteiger partial charge in [0.1, 0.15) is 11.2 Å². The quantitative estimate of drug-likeness (QED) is 0.281. The van der Waals surface area contributed by atoms with E-state index in [4.69, 9.17) is 4.42 Å². The van der Waals surface area contributed by atoms with E-state index in [9.17, 15) is 4.79 Å². The van der Waals surface area contributed by atoms with Crippen molar-refractivity contribution in [2.45, 2.75) is 19.3 Å². The van der Waals surface area contributed by atoms with Crippen molar-refractivity contribution >= 4 is 39.0 Å². The molecule has 0 saturated carbocycles. The van der Waals surface area contributed by atoms with E-state index < -0.39 is 0 Å². The van der Waals surface area contributed by atoms with Crippen molar-refractivity contribution in [2.75, 3.05) is 4.90 Å². The van der Waals surface area contributed by atoms with Crippen LogP contribution in [0.25, 0.3) is 21.9 Å². The van der Waals surface area contributed by atoms with Crippen molar-refractivity contribution in [1.82, 2.24) is 0 Å². The maximum absolute atomic E-state index is 13.0. The summed E-state index contributed by atoms with van der Waals surface area (Å²) in [6.07, 6.45) is 0. The Morgan fingerprint density at radius 1 is 0.677 bits per heavy atom. The van der Waals surface area contributed by atoms with Gasteiger partial charge < -0.3 is 9.32 Å².